The van der Waals surface area contributed by atoms with Crippen molar-refractivity contribution >= 4 is 22.8 Å². The van der Waals surface area contributed by atoms with E-state index in [2.05, 4.69) is 27.8 Å². The van der Waals surface area contributed by atoms with Crippen LogP contribution in [0, 0.1) is 6.92 Å². The molecule has 3 N–H and O–H groups in total. The Hall–Kier alpha value is -3.15. The van der Waals surface area contributed by atoms with Crippen molar-refractivity contribution in [2.45, 2.75) is 25.7 Å². The smallest absolute Gasteiger partial charge is 0.253 e. The molecule has 0 saturated carbocycles. The van der Waals surface area contributed by atoms with Gasteiger partial charge >= 0.3 is 0 Å². The summed E-state index contributed by atoms with van der Waals surface area (Å²) in [6, 6.07) is 7.95. The molecule has 1 atom stereocenters. The predicted molar refractivity (Wildman–Crippen MR) is 106 cm³/mol. The van der Waals surface area contributed by atoms with Crippen molar-refractivity contribution in [2.75, 3.05) is 18.4 Å². The molecule has 1 amide bonds. The van der Waals surface area contributed by atoms with Gasteiger partial charge in [0.05, 0.1) is 16.8 Å². The number of aromatic nitrogens is 3. The van der Waals surface area contributed by atoms with Crippen LogP contribution in [0.2, 0.25) is 0 Å². The number of carbonyl (C=O) groups is 1. The van der Waals surface area contributed by atoms with Crippen LogP contribution in [0.15, 0.2) is 36.4 Å². The molecule has 2 aromatic heterocycles. The number of rotatable bonds is 0. The molecule has 5 rings (SSSR count). The molecule has 0 fully saturated rings. The molecule has 1 aromatic carbocycles. The van der Waals surface area contributed by atoms with Crippen LogP contribution >= 0.6 is 0 Å². The first-order valence-corrected chi connectivity index (χ1v) is 9.38. The van der Waals surface area contributed by atoms with Crippen LogP contribution in [0.4, 0.5) is 5.82 Å². The Labute approximate surface area is 157 Å². The number of benzene rings is 1. The summed E-state index contributed by atoms with van der Waals surface area (Å²) in [6.07, 6.45) is 6.22. The second kappa shape index (κ2) is 6.23. The van der Waals surface area contributed by atoms with Gasteiger partial charge in [-0.2, -0.15) is 0 Å². The zero-order valence-corrected chi connectivity index (χ0v) is 15.2. The molecule has 4 bridgehead atoms. The monoisotopic (exact) mass is 359 g/mol. The number of aromatic amines is 1. The number of anilines is 1. The lowest BCUT2D eigenvalue weighted by Crippen LogP contribution is -2.34. The first-order chi connectivity index (χ1) is 13.2. The van der Waals surface area contributed by atoms with Crippen LogP contribution < -0.4 is 10.6 Å². The first-order valence-electron chi connectivity index (χ1n) is 9.38. The lowest BCUT2D eigenvalue weighted by Gasteiger charge is -2.21. The highest BCUT2D eigenvalue weighted by atomic mass is 16.1. The minimum Gasteiger partial charge on any atom is -0.368 e. The first kappa shape index (κ1) is 16.1. The third kappa shape index (κ3) is 2.68. The van der Waals surface area contributed by atoms with Crippen molar-refractivity contribution in [1.29, 1.82) is 0 Å². The van der Waals surface area contributed by atoms with Gasteiger partial charge in [-0.3, -0.25) is 4.79 Å². The van der Waals surface area contributed by atoms with E-state index in [1.165, 1.54) is 0 Å². The molecule has 0 saturated heterocycles. The maximum atomic E-state index is 12.4. The highest BCUT2D eigenvalue weighted by Crippen LogP contribution is 2.34. The molecule has 2 aliphatic rings. The van der Waals surface area contributed by atoms with Crippen LogP contribution in [0.25, 0.3) is 22.3 Å². The molecule has 0 spiro atoms. The minimum atomic E-state index is -0.0124. The van der Waals surface area contributed by atoms with Crippen molar-refractivity contribution in [2.24, 2.45) is 0 Å². The fourth-order valence-electron chi connectivity index (χ4n) is 3.94. The van der Waals surface area contributed by atoms with E-state index in [9.17, 15) is 4.79 Å². The lowest BCUT2D eigenvalue weighted by atomic mass is 9.94. The van der Waals surface area contributed by atoms with Crippen LogP contribution in [0.3, 0.4) is 0 Å². The molecular formula is C21H21N5O. The zero-order chi connectivity index (χ0) is 18.4. The SMILES string of the molecule is Cc1nc2cccc3c2nc1NCC/C=C/C[C@@H]1CNC(=O)c2cc-3[nH]c21. The molecule has 0 aliphatic carbocycles. The molecule has 27 heavy (non-hydrogen) atoms. The number of hydrogen-bond donors (Lipinski definition) is 3. The molecule has 0 unspecified atom stereocenters. The summed E-state index contributed by atoms with van der Waals surface area (Å²) in [7, 11) is 0. The quantitative estimate of drug-likeness (QED) is 0.536. The van der Waals surface area contributed by atoms with Crippen molar-refractivity contribution < 1.29 is 4.79 Å². The van der Waals surface area contributed by atoms with Gasteiger partial charge < -0.3 is 15.6 Å². The van der Waals surface area contributed by atoms with E-state index in [0.29, 0.717) is 6.54 Å². The molecule has 0 radical (unpaired) electrons. The van der Waals surface area contributed by atoms with Crippen molar-refractivity contribution in [1.82, 2.24) is 20.3 Å². The second-order valence-corrected chi connectivity index (χ2v) is 7.17. The molecule has 6 nitrogen and oxygen atoms in total. The Bertz CT molecular complexity index is 1080. The van der Waals surface area contributed by atoms with E-state index in [4.69, 9.17) is 9.97 Å². The molecular weight excluding hydrogens is 338 g/mol. The molecule has 4 heterocycles. The van der Waals surface area contributed by atoms with Crippen molar-refractivity contribution in [3.63, 3.8) is 0 Å². The van der Waals surface area contributed by atoms with E-state index in [1.54, 1.807) is 0 Å². The van der Waals surface area contributed by atoms with E-state index >= 15 is 0 Å². The number of para-hydroxylation sites is 1. The van der Waals surface area contributed by atoms with Gasteiger partial charge in [0.15, 0.2) is 0 Å². The third-order valence-corrected chi connectivity index (χ3v) is 5.36. The fourth-order valence-corrected chi connectivity index (χ4v) is 3.94. The van der Waals surface area contributed by atoms with Crippen molar-refractivity contribution in [3.05, 3.63) is 53.4 Å². The Kier molecular flexibility index (Phi) is 3.70. The summed E-state index contributed by atoms with van der Waals surface area (Å²) in [6.45, 7) is 3.45. The molecule has 3 aromatic rings. The Morgan fingerprint density at radius 3 is 2.96 bits per heavy atom. The second-order valence-electron chi connectivity index (χ2n) is 7.17. The largest absolute Gasteiger partial charge is 0.368 e. The van der Waals surface area contributed by atoms with Gasteiger partial charge in [-0.1, -0.05) is 24.3 Å². The highest BCUT2D eigenvalue weighted by molar-refractivity contribution is 6.00. The van der Waals surface area contributed by atoms with Gasteiger partial charge in [-0.05, 0) is 31.9 Å². The Morgan fingerprint density at radius 1 is 1.11 bits per heavy atom. The summed E-state index contributed by atoms with van der Waals surface area (Å²) in [5.74, 6) is 1.06. The standard InChI is InChI=1S/C21H21N5O/c1-12-20-22-9-4-2-3-6-13-11-23-21(27)15-10-17(25-18(13)15)14-7-5-8-16(24-12)19(14)26-20/h2-3,5,7-8,10,13,25H,4,6,9,11H2,1H3,(H,22,26)(H,23,27)/b3-2+/t13-/m1/s1. The number of nitrogens with one attached hydrogen (secondary N) is 3. The number of H-pyrrole nitrogens is 1. The van der Waals surface area contributed by atoms with Gasteiger partial charge in [0, 0.05) is 36.0 Å². The van der Waals surface area contributed by atoms with E-state index in [1.807, 2.05) is 31.2 Å². The molecule has 136 valence electrons. The maximum Gasteiger partial charge on any atom is 0.253 e. The van der Waals surface area contributed by atoms with Gasteiger partial charge in [-0.25, -0.2) is 9.97 Å². The van der Waals surface area contributed by atoms with Crippen LogP contribution in [0.1, 0.15) is 40.5 Å². The van der Waals surface area contributed by atoms with E-state index in [0.717, 1.165) is 64.4 Å². The van der Waals surface area contributed by atoms with Crippen LogP contribution in [-0.4, -0.2) is 33.9 Å². The summed E-state index contributed by atoms with van der Waals surface area (Å²) >= 11 is 0. The Balaban J connectivity index is 1.76. The summed E-state index contributed by atoms with van der Waals surface area (Å²) in [5, 5.41) is 6.42. The van der Waals surface area contributed by atoms with Gasteiger partial charge in [-0.15, -0.1) is 0 Å². The average molecular weight is 359 g/mol. The third-order valence-electron chi connectivity index (χ3n) is 5.36. The van der Waals surface area contributed by atoms with E-state index < -0.39 is 0 Å². The molecule has 6 heteroatoms. The number of allylic oxidation sites excluding steroid dienone is 1. The van der Waals surface area contributed by atoms with Gasteiger partial charge in [0.2, 0.25) is 0 Å². The number of hydrogen-bond acceptors (Lipinski definition) is 4. The summed E-state index contributed by atoms with van der Waals surface area (Å²) in [4.78, 5) is 25.5. The highest BCUT2D eigenvalue weighted by Gasteiger charge is 2.28. The topological polar surface area (TPSA) is 82.7 Å². The van der Waals surface area contributed by atoms with E-state index in [-0.39, 0.29) is 11.8 Å². The number of carbonyl (C=O) groups excluding carboxylic acids is 1. The average Bonchev–Trinajstić information content (AvgIpc) is 3.11. The van der Waals surface area contributed by atoms with Crippen molar-refractivity contribution in [3.8, 4) is 11.3 Å². The minimum absolute atomic E-state index is 0.0124. The normalized spacial score (nSPS) is 20.0. The fraction of sp³-hybridized carbons (Fsp3) is 0.286. The zero-order valence-electron chi connectivity index (χ0n) is 15.2. The molecule has 2 aliphatic heterocycles. The summed E-state index contributed by atoms with van der Waals surface area (Å²) in [5.41, 5.74) is 6.23. The lowest BCUT2D eigenvalue weighted by molar-refractivity contribution is 0.0940. The van der Waals surface area contributed by atoms with Gasteiger partial charge in [0.25, 0.3) is 5.91 Å². The van der Waals surface area contributed by atoms with Crippen LogP contribution in [0.5, 0.6) is 0 Å². The number of fused-ring (bicyclic) bond motifs is 3. The van der Waals surface area contributed by atoms with Crippen LogP contribution in [-0.2, 0) is 0 Å². The summed E-state index contributed by atoms with van der Waals surface area (Å²) < 4.78 is 0. The Morgan fingerprint density at radius 2 is 2.04 bits per heavy atom. The van der Waals surface area contributed by atoms with Gasteiger partial charge in [0.1, 0.15) is 11.3 Å². The predicted octanol–water partition coefficient (Wildman–Crippen LogP) is 3.52. The number of nitrogens with zero attached hydrogens (tertiary/aromatic N) is 2. The number of aryl methyl sites for hydroxylation is 1. The number of amides is 1. The maximum absolute atomic E-state index is 12.4.